The van der Waals surface area contributed by atoms with Crippen molar-refractivity contribution < 1.29 is 4.79 Å². The fraction of sp³-hybridized carbons (Fsp3) is 0.625. The van der Waals surface area contributed by atoms with E-state index in [1.165, 1.54) is 0 Å². The number of rotatable bonds is 5. The molecule has 0 spiro atoms. The normalized spacial score (nSPS) is 12.2. The minimum atomic E-state index is -0.0488. The Labute approximate surface area is 76.2 Å². The SMILES string of the molecule is C=CCCNC(=O)C(Br)CC. The van der Waals surface area contributed by atoms with Crippen LogP contribution >= 0.6 is 15.9 Å². The Morgan fingerprint density at radius 3 is 2.91 bits per heavy atom. The van der Waals surface area contributed by atoms with E-state index in [2.05, 4.69) is 27.8 Å². The molecule has 3 heteroatoms. The van der Waals surface area contributed by atoms with Crippen molar-refractivity contribution in [3.63, 3.8) is 0 Å². The molecule has 1 amide bonds. The zero-order valence-electron chi connectivity index (χ0n) is 6.77. The number of alkyl halides is 1. The molecule has 0 saturated carbocycles. The van der Waals surface area contributed by atoms with Gasteiger partial charge in [0.15, 0.2) is 0 Å². The standard InChI is InChI=1S/C8H14BrNO/c1-3-5-6-10-8(11)7(9)4-2/h3,7H,1,4-6H2,2H3,(H,10,11). The number of nitrogens with one attached hydrogen (secondary N) is 1. The highest BCUT2D eigenvalue weighted by Gasteiger charge is 2.09. The van der Waals surface area contributed by atoms with Crippen molar-refractivity contribution in [3.05, 3.63) is 12.7 Å². The monoisotopic (exact) mass is 219 g/mol. The Balaban J connectivity index is 3.43. The van der Waals surface area contributed by atoms with Crippen LogP contribution in [0.2, 0.25) is 0 Å². The van der Waals surface area contributed by atoms with E-state index in [9.17, 15) is 4.79 Å². The van der Waals surface area contributed by atoms with Crippen molar-refractivity contribution in [2.45, 2.75) is 24.6 Å². The predicted molar refractivity (Wildman–Crippen MR) is 50.8 cm³/mol. The van der Waals surface area contributed by atoms with Gasteiger partial charge in [0, 0.05) is 6.54 Å². The lowest BCUT2D eigenvalue weighted by Crippen LogP contribution is -2.31. The van der Waals surface area contributed by atoms with Gasteiger partial charge in [0.25, 0.3) is 0 Å². The van der Waals surface area contributed by atoms with E-state index in [-0.39, 0.29) is 10.7 Å². The zero-order chi connectivity index (χ0) is 8.69. The number of hydrogen-bond donors (Lipinski definition) is 1. The molecule has 0 fully saturated rings. The van der Waals surface area contributed by atoms with Gasteiger partial charge in [-0.25, -0.2) is 0 Å². The molecule has 0 bridgehead atoms. The molecule has 64 valence electrons. The van der Waals surface area contributed by atoms with Crippen LogP contribution in [0.1, 0.15) is 19.8 Å². The lowest BCUT2D eigenvalue weighted by atomic mass is 10.3. The third-order valence-corrected chi connectivity index (χ3v) is 2.35. The summed E-state index contributed by atoms with van der Waals surface area (Å²) in [6, 6.07) is 0. The van der Waals surface area contributed by atoms with Crippen LogP contribution in [0.5, 0.6) is 0 Å². The molecule has 11 heavy (non-hydrogen) atoms. The summed E-state index contributed by atoms with van der Waals surface area (Å²) in [5.74, 6) is 0.0642. The molecular weight excluding hydrogens is 206 g/mol. The number of amides is 1. The van der Waals surface area contributed by atoms with Gasteiger partial charge in [0.1, 0.15) is 0 Å². The number of carbonyl (C=O) groups is 1. The topological polar surface area (TPSA) is 29.1 Å². The summed E-state index contributed by atoms with van der Waals surface area (Å²) >= 11 is 3.26. The summed E-state index contributed by atoms with van der Waals surface area (Å²) in [7, 11) is 0. The van der Waals surface area contributed by atoms with E-state index in [4.69, 9.17) is 0 Å². The molecule has 0 saturated heterocycles. The molecule has 0 heterocycles. The molecule has 0 aliphatic rings. The third kappa shape index (κ3) is 5.01. The molecule has 0 aliphatic carbocycles. The van der Waals surface area contributed by atoms with E-state index in [0.29, 0.717) is 6.54 Å². The zero-order valence-corrected chi connectivity index (χ0v) is 8.36. The van der Waals surface area contributed by atoms with Crippen LogP contribution in [0.15, 0.2) is 12.7 Å². The summed E-state index contributed by atoms with van der Waals surface area (Å²) in [6.07, 6.45) is 3.44. The van der Waals surface area contributed by atoms with Crippen LogP contribution in [0.3, 0.4) is 0 Å². The third-order valence-electron chi connectivity index (χ3n) is 1.29. The number of carbonyl (C=O) groups excluding carboxylic acids is 1. The molecule has 1 unspecified atom stereocenters. The second kappa shape index (κ2) is 6.40. The van der Waals surface area contributed by atoms with Crippen molar-refractivity contribution in [3.8, 4) is 0 Å². The highest BCUT2D eigenvalue weighted by Crippen LogP contribution is 2.03. The van der Waals surface area contributed by atoms with Crippen LogP contribution < -0.4 is 5.32 Å². The first-order valence-electron chi connectivity index (χ1n) is 3.75. The minimum absolute atomic E-state index is 0.0488. The first kappa shape index (κ1) is 10.7. The first-order valence-corrected chi connectivity index (χ1v) is 4.66. The summed E-state index contributed by atoms with van der Waals surface area (Å²) in [5, 5.41) is 2.78. The summed E-state index contributed by atoms with van der Waals surface area (Å²) in [4.78, 5) is 11.0. The van der Waals surface area contributed by atoms with Gasteiger partial charge in [0.2, 0.25) is 5.91 Å². The Hall–Kier alpha value is -0.310. The number of hydrogen-bond acceptors (Lipinski definition) is 1. The first-order chi connectivity index (χ1) is 5.22. The van der Waals surface area contributed by atoms with E-state index >= 15 is 0 Å². The van der Waals surface area contributed by atoms with Crippen molar-refractivity contribution in [1.82, 2.24) is 5.32 Å². The lowest BCUT2D eigenvalue weighted by molar-refractivity contribution is -0.120. The molecule has 0 aromatic carbocycles. The van der Waals surface area contributed by atoms with Gasteiger partial charge in [-0.05, 0) is 12.8 Å². The van der Waals surface area contributed by atoms with Crippen LogP contribution in [-0.2, 0) is 4.79 Å². The molecule has 0 radical (unpaired) electrons. The average Bonchev–Trinajstić information content (AvgIpc) is 2.03. The summed E-state index contributed by atoms with van der Waals surface area (Å²) in [6.45, 7) is 6.21. The highest BCUT2D eigenvalue weighted by atomic mass is 79.9. The molecule has 0 aromatic heterocycles. The van der Waals surface area contributed by atoms with Gasteiger partial charge < -0.3 is 5.32 Å². The molecule has 1 N–H and O–H groups in total. The summed E-state index contributed by atoms with van der Waals surface area (Å²) < 4.78 is 0. The van der Waals surface area contributed by atoms with Crippen LogP contribution in [0.25, 0.3) is 0 Å². The molecule has 0 rings (SSSR count). The molecule has 2 nitrogen and oxygen atoms in total. The molecule has 0 aliphatic heterocycles. The highest BCUT2D eigenvalue weighted by molar-refractivity contribution is 9.10. The maximum absolute atomic E-state index is 11.1. The largest absolute Gasteiger partial charge is 0.355 e. The van der Waals surface area contributed by atoms with E-state index in [1.807, 2.05) is 6.92 Å². The minimum Gasteiger partial charge on any atom is -0.355 e. The average molecular weight is 220 g/mol. The molecular formula is C8H14BrNO. The van der Waals surface area contributed by atoms with Gasteiger partial charge in [0.05, 0.1) is 4.83 Å². The van der Waals surface area contributed by atoms with Gasteiger partial charge in [-0.1, -0.05) is 28.9 Å². The quantitative estimate of drug-likeness (QED) is 0.427. The fourth-order valence-corrected chi connectivity index (χ4v) is 0.755. The number of halogens is 1. The van der Waals surface area contributed by atoms with Crippen molar-refractivity contribution in [2.24, 2.45) is 0 Å². The maximum atomic E-state index is 11.1. The van der Waals surface area contributed by atoms with Gasteiger partial charge in [-0.15, -0.1) is 6.58 Å². The molecule has 0 aromatic rings. The van der Waals surface area contributed by atoms with E-state index in [1.54, 1.807) is 6.08 Å². The summed E-state index contributed by atoms with van der Waals surface area (Å²) in [5.41, 5.74) is 0. The van der Waals surface area contributed by atoms with Crippen LogP contribution in [0.4, 0.5) is 0 Å². The van der Waals surface area contributed by atoms with Gasteiger partial charge in [-0.2, -0.15) is 0 Å². The maximum Gasteiger partial charge on any atom is 0.233 e. The fourth-order valence-electron chi connectivity index (χ4n) is 0.594. The Morgan fingerprint density at radius 1 is 1.82 bits per heavy atom. The second-order valence-corrected chi connectivity index (χ2v) is 3.35. The van der Waals surface area contributed by atoms with E-state index in [0.717, 1.165) is 12.8 Å². The van der Waals surface area contributed by atoms with Crippen molar-refractivity contribution >= 4 is 21.8 Å². The smallest absolute Gasteiger partial charge is 0.233 e. The van der Waals surface area contributed by atoms with E-state index < -0.39 is 0 Å². The second-order valence-electron chi connectivity index (χ2n) is 2.24. The Kier molecular flexibility index (Phi) is 6.22. The predicted octanol–water partition coefficient (Wildman–Crippen LogP) is 1.85. The Bertz CT molecular complexity index is 136. The van der Waals surface area contributed by atoms with Gasteiger partial charge in [-0.3, -0.25) is 4.79 Å². The Morgan fingerprint density at radius 2 is 2.45 bits per heavy atom. The molecule has 1 atom stereocenters. The van der Waals surface area contributed by atoms with Crippen LogP contribution in [-0.4, -0.2) is 17.3 Å². The van der Waals surface area contributed by atoms with Crippen LogP contribution in [0, 0.1) is 0 Å². The lowest BCUT2D eigenvalue weighted by Gasteiger charge is -2.06. The van der Waals surface area contributed by atoms with Crippen molar-refractivity contribution in [1.29, 1.82) is 0 Å². The van der Waals surface area contributed by atoms with Crippen molar-refractivity contribution in [2.75, 3.05) is 6.54 Å². The van der Waals surface area contributed by atoms with Gasteiger partial charge >= 0.3 is 0 Å².